The zero-order chi connectivity index (χ0) is 42.7. The van der Waals surface area contributed by atoms with Crippen molar-refractivity contribution < 1.29 is 56.8 Å². The summed E-state index contributed by atoms with van der Waals surface area (Å²) in [5.41, 5.74) is 0. The smallest absolute Gasteiger partial charge is 0.330 e. The summed E-state index contributed by atoms with van der Waals surface area (Å²) < 4.78 is 53.8. The Bertz CT molecular complexity index is 1310. The van der Waals surface area contributed by atoms with Crippen molar-refractivity contribution in [3.8, 4) is 0 Å². The van der Waals surface area contributed by atoms with Crippen molar-refractivity contribution in [3.05, 3.63) is 60.8 Å². The number of aliphatic hydroxyl groups excluding tert-OH is 3. The van der Waals surface area contributed by atoms with Gasteiger partial charge in [-0.25, -0.2) is 4.79 Å². The van der Waals surface area contributed by atoms with Crippen LogP contribution in [0.5, 0.6) is 0 Å². The van der Waals surface area contributed by atoms with Gasteiger partial charge in [-0.05, 0) is 51.4 Å². The lowest BCUT2D eigenvalue weighted by atomic mass is 10.00. The average molecular weight is 841 g/mol. The van der Waals surface area contributed by atoms with Crippen molar-refractivity contribution in [2.75, 3.05) is 19.0 Å². The van der Waals surface area contributed by atoms with E-state index in [0.29, 0.717) is 6.42 Å². The van der Waals surface area contributed by atoms with Gasteiger partial charge in [-0.2, -0.15) is 8.42 Å². The summed E-state index contributed by atoms with van der Waals surface area (Å²) in [4.78, 5) is 25.2. The molecule has 0 bridgehead atoms. The van der Waals surface area contributed by atoms with Crippen molar-refractivity contribution >= 4 is 22.1 Å². The number of allylic oxidation sites excluding steroid dienone is 9. The SMILES string of the molecule is CC/C=C/C/C=C/C/C=C/CCCCCCCC(=O)O[C@H](COC(=O)/C=C/C=C/CCCCCCCCCCCCC)CO[C@H]1O[C@H](CS(=O)(=O)O)[C@@H](O)C(O)C1O. The van der Waals surface area contributed by atoms with Crippen molar-refractivity contribution in [1.82, 2.24) is 0 Å². The van der Waals surface area contributed by atoms with Gasteiger partial charge < -0.3 is 34.3 Å². The Hall–Kier alpha value is -2.65. The maximum absolute atomic E-state index is 12.8. The van der Waals surface area contributed by atoms with Crippen molar-refractivity contribution in [2.24, 2.45) is 0 Å². The molecule has 0 aliphatic carbocycles. The van der Waals surface area contributed by atoms with Gasteiger partial charge >= 0.3 is 11.9 Å². The standard InChI is InChI=1S/C45H76O12S/c1-3-5-7-9-11-13-15-17-19-21-23-25-27-29-31-33-40(46)54-35-38(36-55-45-44(50)43(49)42(48)39(57-45)37-58(51,52)53)56-41(47)34-32-30-28-26-24-22-20-18-16-14-12-10-8-6-4-2/h6,8,12,14,18,20,27,29,31,33,38-39,42-45,48-50H,3-5,7,9-11,13,15-17,19,21-26,28,30,32,34-37H2,1-2H3,(H,51,52,53)/b8-6+,14-12+,20-18+,29-27+,33-31+/t38-,39-,42-,43?,44?,45+/m1/s1. The molecule has 0 aromatic rings. The summed E-state index contributed by atoms with van der Waals surface area (Å²) >= 11 is 0. The van der Waals surface area contributed by atoms with Gasteiger partial charge in [0.2, 0.25) is 0 Å². The number of ether oxygens (including phenoxy) is 4. The predicted octanol–water partition coefficient (Wildman–Crippen LogP) is 8.56. The molecule has 6 atom stereocenters. The van der Waals surface area contributed by atoms with Crippen LogP contribution in [0.15, 0.2) is 60.8 Å². The molecule has 1 aliphatic rings. The molecule has 0 aromatic heterocycles. The minimum Gasteiger partial charge on any atom is -0.458 e. The Kier molecular flexibility index (Phi) is 32.3. The van der Waals surface area contributed by atoms with Crippen LogP contribution in [0.3, 0.4) is 0 Å². The second-order valence-corrected chi connectivity index (χ2v) is 16.5. The molecule has 2 unspecified atom stereocenters. The van der Waals surface area contributed by atoms with Crippen molar-refractivity contribution in [3.63, 3.8) is 0 Å². The fourth-order valence-electron chi connectivity index (χ4n) is 6.31. The number of rotatable bonds is 35. The molecule has 58 heavy (non-hydrogen) atoms. The van der Waals surface area contributed by atoms with E-state index in [4.69, 9.17) is 18.9 Å². The quantitative estimate of drug-likeness (QED) is 0.0119. The number of esters is 2. The lowest BCUT2D eigenvalue weighted by Crippen LogP contribution is -2.60. The fraction of sp³-hybridized carbons (Fsp3) is 0.733. The summed E-state index contributed by atoms with van der Waals surface area (Å²) in [6.07, 6.45) is 33.3. The highest BCUT2D eigenvalue weighted by Gasteiger charge is 2.46. The molecule has 4 N–H and O–H groups in total. The minimum absolute atomic E-state index is 0.123. The number of hydrogen-bond donors (Lipinski definition) is 4. The summed E-state index contributed by atoms with van der Waals surface area (Å²) in [7, 11) is -4.61. The molecule has 0 saturated carbocycles. The molecular weight excluding hydrogens is 765 g/mol. The fourth-order valence-corrected chi connectivity index (χ4v) is 7.00. The Morgan fingerprint density at radius 3 is 1.81 bits per heavy atom. The van der Waals surface area contributed by atoms with Gasteiger partial charge in [-0.3, -0.25) is 9.35 Å². The third-order valence-corrected chi connectivity index (χ3v) is 10.4. The Morgan fingerprint density at radius 1 is 0.655 bits per heavy atom. The van der Waals surface area contributed by atoms with Crippen LogP contribution in [0.1, 0.15) is 155 Å². The maximum atomic E-state index is 12.8. The summed E-state index contributed by atoms with van der Waals surface area (Å²) in [6, 6.07) is 0. The second kappa shape index (κ2) is 35.1. The number of carbonyl (C=O) groups excluding carboxylic acids is 2. The molecule has 1 saturated heterocycles. The van der Waals surface area contributed by atoms with Crippen LogP contribution in [0.4, 0.5) is 0 Å². The van der Waals surface area contributed by atoms with Gasteiger partial charge in [0.15, 0.2) is 12.4 Å². The second-order valence-electron chi connectivity index (χ2n) is 15.1. The third-order valence-electron chi connectivity index (χ3n) is 9.68. The molecule has 0 spiro atoms. The number of aliphatic hydroxyl groups is 3. The highest BCUT2D eigenvalue weighted by molar-refractivity contribution is 7.85. The molecule has 1 aliphatic heterocycles. The first-order chi connectivity index (χ1) is 28.0. The van der Waals surface area contributed by atoms with Crippen molar-refractivity contribution in [2.45, 2.75) is 192 Å². The van der Waals surface area contributed by atoms with Gasteiger partial charge in [0.25, 0.3) is 10.1 Å². The van der Waals surface area contributed by atoms with Crippen LogP contribution in [-0.2, 0) is 38.7 Å². The average Bonchev–Trinajstić information content (AvgIpc) is 3.18. The largest absolute Gasteiger partial charge is 0.458 e. The number of unbranched alkanes of at least 4 members (excludes halogenated alkanes) is 16. The van der Waals surface area contributed by atoms with Crippen molar-refractivity contribution in [1.29, 1.82) is 0 Å². The van der Waals surface area contributed by atoms with Gasteiger partial charge in [0, 0.05) is 12.5 Å². The molecule has 1 fully saturated rings. The van der Waals surface area contributed by atoms with E-state index in [1.54, 1.807) is 12.2 Å². The topological polar surface area (TPSA) is 186 Å². The lowest BCUT2D eigenvalue weighted by Gasteiger charge is -2.40. The van der Waals surface area contributed by atoms with E-state index in [9.17, 15) is 37.9 Å². The molecule has 13 heteroatoms. The van der Waals surface area contributed by atoms with Gasteiger partial charge in [0.1, 0.15) is 36.8 Å². The summed E-state index contributed by atoms with van der Waals surface area (Å²) in [6.45, 7) is 3.51. The molecule has 12 nitrogen and oxygen atoms in total. The van der Waals surface area contributed by atoms with E-state index in [1.165, 1.54) is 70.3 Å². The molecule has 0 amide bonds. The molecule has 1 rings (SSSR count). The Morgan fingerprint density at radius 2 is 1.21 bits per heavy atom. The van der Waals surface area contributed by atoms with Crippen LogP contribution >= 0.6 is 0 Å². The van der Waals surface area contributed by atoms with Crippen LogP contribution in [0.2, 0.25) is 0 Å². The minimum atomic E-state index is -4.61. The van der Waals surface area contributed by atoms with E-state index in [-0.39, 0.29) is 13.0 Å². The predicted molar refractivity (Wildman–Crippen MR) is 229 cm³/mol. The van der Waals surface area contributed by atoms with E-state index in [1.807, 2.05) is 6.08 Å². The van der Waals surface area contributed by atoms with Crippen LogP contribution < -0.4 is 0 Å². The first kappa shape index (κ1) is 53.4. The normalized spacial score (nSPS) is 21.0. The molecule has 0 radical (unpaired) electrons. The van der Waals surface area contributed by atoms with Gasteiger partial charge in [0.05, 0.1) is 6.61 Å². The Balaban J connectivity index is 2.53. The molecular formula is C45H76O12S. The first-order valence-electron chi connectivity index (χ1n) is 21.9. The number of hydrogen-bond acceptors (Lipinski definition) is 11. The third kappa shape index (κ3) is 29.5. The maximum Gasteiger partial charge on any atom is 0.330 e. The van der Waals surface area contributed by atoms with Crippen LogP contribution in [-0.4, -0.2) is 96.0 Å². The zero-order valence-corrected chi connectivity index (χ0v) is 36.2. The summed E-state index contributed by atoms with van der Waals surface area (Å²) in [5.74, 6) is -2.27. The van der Waals surface area contributed by atoms with E-state index in [2.05, 4.69) is 50.3 Å². The van der Waals surface area contributed by atoms with E-state index in [0.717, 1.165) is 64.2 Å². The van der Waals surface area contributed by atoms with Crippen LogP contribution in [0, 0.1) is 0 Å². The monoisotopic (exact) mass is 841 g/mol. The molecule has 1 heterocycles. The zero-order valence-electron chi connectivity index (χ0n) is 35.4. The van der Waals surface area contributed by atoms with Crippen LogP contribution in [0.25, 0.3) is 0 Å². The molecule has 334 valence electrons. The van der Waals surface area contributed by atoms with E-state index < -0.39 is 71.2 Å². The highest BCUT2D eigenvalue weighted by atomic mass is 32.2. The van der Waals surface area contributed by atoms with E-state index >= 15 is 0 Å². The summed E-state index contributed by atoms with van der Waals surface area (Å²) in [5, 5.41) is 30.8. The first-order valence-corrected chi connectivity index (χ1v) is 23.5. The number of carbonyl (C=O) groups is 2. The highest BCUT2D eigenvalue weighted by Crippen LogP contribution is 2.24. The Labute approximate surface area is 349 Å². The molecule has 0 aromatic carbocycles. The van der Waals surface area contributed by atoms with Gasteiger partial charge in [-0.1, -0.05) is 152 Å². The van der Waals surface area contributed by atoms with Gasteiger partial charge in [-0.15, -0.1) is 0 Å². The lowest BCUT2D eigenvalue weighted by molar-refractivity contribution is -0.297.